The molecule has 1 fully saturated rings. The van der Waals surface area contributed by atoms with Crippen molar-refractivity contribution >= 4 is 5.91 Å². The number of ether oxygens (including phenoxy) is 1. The largest absolute Gasteiger partial charge is 0.494 e. The average Bonchev–Trinajstić information content (AvgIpc) is 2.39. The highest BCUT2D eigenvalue weighted by Crippen LogP contribution is 2.15. The molecule has 1 atom stereocenters. The van der Waals surface area contributed by atoms with Gasteiger partial charge in [-0.15, -0.1) is 0 Å². The van der Waals surface area contributed by atoms with Crippen LogP contribution in [0, 0.1) is 0 Å². The maximum absolute atomic E-state index is 12.3. The molecule has 4 heteroatoms. The smallest absolute Gasteiger partial charge is 0.254 e. The lowest BCUT2D eigenvalue weighted by Crippen LogP contribution is -2.51. The Bertz CT molecular complexity index is 420. The van der Waals surface area contributed by atoms with Gasteiger partial charge in [-0.05, 0) is 32.0 Å². The summed E-state index contributed by atoms with van der Waals surface area (Å²) < 4.78 is 5.42. The van der Waals surface area contributed by atoms with E-state index in [1.165, 1.54) is 0 Å². The molecule has 0 spiro atoms. The van der Waals surface area contributed by atoms with Gasteiger partial charge in [-0.3, -0.25) is 4.79 Å². The minimum atomic E-state index is 0.0879. The van der Waals surface area contributed by atoms with Crippen molar-refractivity contribution in [3.8, 4) is 5.75 Å². The van der Waals surface area contributed by atoms with Crippen LogP contribution < -0.4 is 10.1 Å². The molecule has 1 amide bonds. The van der Waals surface area contributed by atoms with Crippen LogP contribution in [0.3, 0.4) is 0 Å². The Balaban J connectivity index is 2.10. The first-order chi connectivity index (χ1) is 8.70. The second kappa shape index (κ2) is 5.87. The van der Waals surface area contributed by atoms with Gasteiger partial charge in [0.1, 0.15) is 5.75 Å². The van der Waals surface area contributed by atoms with E-state index in [0.29, 0.717) is 18.2 Å². The van der Waals surface area contributed by atoms with Crippen molar-refractivity contribution in [3.05, 3.63) is 29.8 Å². The first-order valence-corrected chi connectivity index (χ1v) is 6.46. The molecule has 1 aromatic rings. The number of piperazine rings is 1. The normalized spacial score (nSPS) is 19.7. The van der Waals surface area contributed by atoms with Gasteiger partial charge >= 0.3 is 0 Å². The van der Waals surface area contributed by atoms with Gasteiger partial charge < -0.3 is 15.0 Å². The van der Waals surface area contributed by atoms with Gasteiger partial charge in [-0.2, -0.15) is 0 Å². The van der Waals surface area contributed by atoms with Crippen molar-refractivity contribution in [1.29, 1.82) is 0 Å². The molecule has 2 rings (SSSR count). The zero-order chi connectivity index (χ0) is 13.0. The summed E-state index contributed by atoms with van der Waals surface area (Å²) in [5.74, 6) is 0.844. The van der Waals surface area contributed by atoms with E-state index in [-0.39, 0.29) is 5.91 Å². The van der Waals surface area contributed by atoms with Crippen molar-refractivity contribution < 1.29 is 9.53 Å². The molecule has 4 nitrogen and oxygen atoms in total. The fourth-order valence-electron chi connectivity index (χ4n) is 2.18. The molecule has 98 valence electrons. The summed E-state index contributed by atoms with van der Waals surface area (Å²) in [5.41, 5.74) is 0.704. The van der Waals surface area contributed by atoms with Crippen LogP contribution in [-0.4, -0.2) is 43.1 Å². The molecule has 1 unspecified atom stereocenters. The first-order valence-electron chi connectivity index (χ1n) is 6.46. The van der Waals surface area contributed by atoms with Crippen LogP contribution in [0.4, 0.5) is 0 Å². The Morgan fingerprint density at radius 2 is 2.39 bits per heavy atom. The van der Waals surface area contributed by atoms with E-state index in [1.54, 1.807) is 0 Å². The molecule has 0 bridgehead atoms. The summed E-state index contributed by atoms with van der Waals surface area (Å²) in [7, 11) is 0. The van der Waals surface area contributed by atoms with Gasteiger partial charge in [0.05, 0.1) is 6.61 Å². The minimum Gasteiger partial charge on any atom is -0.494 e. The number of nitrogens with one attached hydrogen (secondary N) is 1. The maximum atomic E-state index is 12.3. The van der Waals surface area contributed by atoms with Crippen LogP contribution in [0.2, 0.25) is 0 Å². The number of hydrogen-bond donors (Lipinski definition) is 1. The summed E-state index contributed by atoms with van der Waals surface area (Å²) in [6, 6.07) is 7.76. The molecular weight excluding hydrogens is 228 g/mol. The Hall–Kier alpha value is -1.55. The van der Waals surface area contributed by atoms with E-state index in [1.807, 2.05) is 36.1 Å². The predicted octanol–water partition coefficient (Wildman–Crippen LogP) is 1.52. The molecule has 1 heterocycles. The summed E-state index contributed by atoms with van der Waals surface area (Å²) in [4.78, 5) is 14.2. The van der Waals surface area contributed by atoms with Crippen molar-refractivity contribution in [2.45, 2.75) is 19.9 Å². The third-order valence-electron chi connectivity index (χ3n) is 3.05. The van der Waals surface area contributed by atoms with E-state index in [9.17, 15) is 4.79 Å². The van der Waals surface area contributed by atoms with Crippen molar-refractivity contribution in [2.75, 3.05) is 26.2 Å². The molecule has 0 aromatic heterocycles. The van der Waals surface area contributed by atoms with E-state index in [2.05, 4.69) is 12.2 Å². The minimum absolute atomic E-state index is 0.0879. The Labute approximate surface area is 108 Å². The number of carbonyl (C=O) groups is 1. The predicted molar refractivity (Wildman–Crippen MR) is 71.0 cm³/mol. The fraction of sp³-hybridized carbons (Fsp3) is 0.500. The summed E-state index contributed by atoms with van der Waals surface area (Å²) in [5, 5.41) is 3.33. The molecule has 18 heavy (non-hydrogen) atoms. The van der Waals surface area contributed by atoms with Crippen LogP contribution in [0.25, 0.3) is 0 Å². The van der Waals surface area contributed by atoms with E-state index in [4.69, 9.17) is 4.74 Å². The van der Waals surface area contributed by atoms with Crippen LogP contribution in [0.5, 0.6) is 5.75 Å². The lowest BCUT2D eigenvalue weighted by molar-refractivity contribution is 0.0708. The van der Waals surface area contributed by atoms with Gasteiger partial charge in [0.15, 0.2) is 0 Å². The molecule has 0 radical (unpaired) electrons. The number of rotatable bonds is 3. The van der Waals surface area contributed by atoms with Crippen molar-refractivity contribution in [2.24, 2.45) is 0 Å². The number of carbonyl (C=O) groups excluding carboxylic acids is 1. The molecule has 1 aliphatic heterocycles. The van der Waals surface area contributed by atoms with Crippen LogP contribution >= 0.6 is 0 Å². The highest BCUT2D eigenvalue weighted by molar-refractivity contribution is 5.94. The highest BCUT2D eigenvalue weighted by Gasteiger charge is 2.21. The van der Waals surface area contributed by atoms with Crippen molar-refractivity contribution in [3.63, 3.8) is 0 Å². The SMILES string of the molecule is CCOc1cccc(C(=O)N2CCNC(C)C2)c1. The third kappa shape index (κ3) is 3.01. The second-order valence-corrected chi connectivity index (χ2v) is 4.57. The topological polar surface area (TPSA) is 41.6 Å². The van der Waals surface area contributed by atoms with E-state index < -0.39 is 0 Å². The summed E-state index contributed by atoms with van der Waals surface area (Å²) in [6.45, 7) is 7.03. The third-order valence-corrected chi connectivity index (χ3v) is 3.05. The van der Waals surface area contributed by atoms with Crippen LogP contribution in [0.1, 0.15) is 24.2 Å². The van der Waals surface area contributed by atoms with Gasteiger partial charge in [-0.1, -0.05) is 6.07 Å². The zero-order valence-corrected chi connectivity index (χ0v) is 11.0. The monoisotopic (exact) mass is 248 g/mol. The summed E-state index contributed by atoms with van der Waals surface area (Å²) in [6.07, 6.45) is 0. The first kappa shape index (κ1) is 12.9. The maximum Gasteiger partial charge on any atom is 0.254 e. The number of hydrogen-bond acceptors (Lipinski definition) is 3. The molecule has 0 aliphatic carbocycles. The van der Waals surface area contributed by atoms with Crippen LogP contribution in [0.15, 0.2) is 24.3 Å². The Morgan fingerprint density at radius 1 is 1.56 bits per heavy atom. The molecule has 1 aliphatic rings. The lowest BCUT2D eigenvalue weighted by Gasteiger charge is -2.32. The Kier molecular flexibility index (Phi) is 4.20. The number of amides is 1. The zero-order valence-electron chi connectivity index (χ0n) is 11.0. The molecule has 0 saturated carbocycles. The molecule has 1 aromatic carbocycles. The van der Waals surface area contributed by atoms with Gasteiger partial charge in [0.25, 0.3) is 5.91 Å². The van der Waals surface area contributed by atoms with Crippen LogP contribution in [-0.2, 0) is 0 Å². The van der Waals surface area contributed by atoms with Gasteiger partial charge in [0, 0.05) is 31.2 Å². The summed E-state index contributed by atoms with van der Waals surface area (Å²) >= 11 is 0. The standard InChI is InChI=1S/C14H20N2O2/c1-3-18-13-6-4-5-12(9-13)14(17)16-8-7-15-11(2)10-16/h4-6,9,11,15H,3,7-8,10H2,1-2H3. The van der Waals surface area contributed by atoms with Gasteiger partial charge in [0.2, 0.25) is 0 Å². The van der Waals surface area contributed by atoms with E-state index in [0.717, 1.165) is 25.4 Å². The van der Waals surface area contributed by atoms with Gasteiger partial charge in [-0.25, -0.2) is 0 Å². The highest BCUT2D eigenvalue weighted by atomic mass is 16.5. The number of benzene rings is 1. The van der Waals surface area contributed by atoms with Crippen molar-refractivity contribution in [1.82, 2.24) is 10.2 Å². The quantitative estimate of drug-likeness (QED) is 0.881. The number of nitrogens with zero attached hydrogens (tertiary/aromatic N) is 1. The second-order valence-electron chi connectivity index (χ2n) is 4.57. The fourth-order valence-corrected chi connectivity index (χ4v) is 2.18. The molecule has 1 saturated heterocycles. The molecule has 1 N–H and O–H groups in total. The van der Waals surface area contributed by atoms with E-state index >= 15 is 0 Å². The molecular formula is C14H20N2O2. The Morgan fingerprint density at radius 3 is 3.11 bits per heavy atom. The average molecular weight is 248 g/mol. The lowest BCUT2D eigenvalue weighted by atomic mass is 10.1.